The highest BCUT2D eigenvalue weighted by atomic mass is 16.5. The summed E-state index contributed by atoms with van der Waals surface area (Å²) in [7, 11) is 0. The number of likely N-dealkylation sites (tertiary alicyclic amines) is 1. The van der Waals surface area contributed by atoms with Gasteiger partial charge in [0.25, 0.3) is 0 Å². The largest absolute Gasteiger partial charge is 0.462 e. The number of hydrogen-bond donors (Lipinski definition) is 1. The second-order valence-corrected chi connectivity index (χ2v) is 5.10. The van der Waals surface area contributed by atoms with Crippen molar-refractivity contribution in [1.29, 1.82) is 0 Å². The molecule has 1 N–H and O–H groups in total. The molecule has 0 aromatic heterocycles. The monoisotopic (exact) mass is 290 g/mol. The van der Waals surface area contributed by atoms with Crippen molar-refractivity contribution in [2.75, 3.05) is 25.0 Å². The molecule has 5 nitrogen and oxygen atoms in total. The van der Waals surface area contributed by atoms with Crippen molar-refractivity contribution in [1.82, 2.24) is 4.90 Å². The summed E-state index contributed by atoms with van der Waals surface area (Å²) in [5, 5.41) is 2.83. The number of rotatable bonds is 3. The van der Waals surface area contributed by atoms with E-state index in [-0.39, 0.29) is 6.03 Å². The first-order chi connectivity index (χ1) is 10.2. The predicted octanol–water partition coefficient (Wildman–Crippen LogP) is 3.27. The van der Waals surface area contributed by atoms with Crippen LogP contribution >= 0.6 is 0 Å². The minimum atomic E-state index is -0.413. The zero-order valence-electron chi connectivity index (χ0n) is 12.4. The second kappa shape index (κ2) is 7.67. The van der Waals surface area contributed by atoms with Gasteiger partial charge in [0, 0.05) is 13.1 Å². The molecule has 1 heterocycles. The summed E-state index contributed by atoms with van der Waals surface area (Å²) in [6, 6.07) is 6.79. The quantitative estimate of drug-likeness (QED) is 0.869. The van der Waals surface area contributed by atoms with Gasteiger partial charge in [0.2, 0.25) is 0 Å². The van der Waals surface area contributed by atoms with Crippen LogP contribution in [0.5, 0.6) is 0 Å². The highest BCUT2D eigenvalue weighted by Crippen LogP contribution is 2.18. The van der Waals surface area contributed by atoms with Gasteiger partial charge in [-0.05, 0) is 31.9 Å². The summed E-state index contributed by atoms with van der Waals surface area (Å²) in [6.45, 7) is 3.62. The lowest BCUT2D eigenvalue weighted by Crippen LogP contribution is -2.36. The van der Waals surface area contributed by atoms with E-state index < -0.39 is 5.97 Å². The molecule has 1 aliphatic heterocycles. The van der Waals surface area contributed by atoms with Crippen molar-refractivity contribution in [3.05, 3.63) is 29.8 Å². The van der Waals surface area contributed by atoms with Crippen LogP contribution in [0, 0.1) is 0 Å². The van der Waals surface area contributed by atoms with Crippen LogP contribution < -0.4 is 5.32 Å². The maximum absolute atomic E-state index is 12.3. The molecule has 2 rings (SSSR count). The van der Waals surface area contributed by atoms with E-state index in [0.29, 0.717) is 17.9 Å². The number of carbonyl (C=O) groups is 2. The van der Waals surface area contributed by atoms with Gasteiger partial charge >= 0.3 is 12.0 Å². The maximum atomic E-state index is 12.3. The molecule has 0 saturated carbocycles. The third kappa shape index (κ3) is 4.21. The van der Waals surface area contributed by atoms with E-state index in [1.54, 1.807) is 31.2 Å². The van der Waals surface area contributed by atoms with Gasteiger partial charge in [0.1, 0.15) is 0 Å². The number of esters is 1. The summed E-state index contributed by atoms with van der Waals surface area (Å²) >= 11 is 0. The molecule has 1 fully saturated rings. The Morgan fingerprint density at radius 3 is 2.48 bits per heavy atom. The number of nitrogens with zero attached hydrogens (tertiary/aromatic N) is 1. The van der Waals surface area contributed by atoms with Gasteiger partial charge in [-0.2, -0.15) is 0 Å². The topological polar surface area (TPSA) is 58.6 Å². The van der Waals surface area contributed by atoms with E-state index in [2.05, 4.69) is 5.32 Å². The van der Waals surface area contributed by atoms with Crippen LogP contribution in [0.4, 0.5) is 10.5 Å². The molecule has 0 spiro atoms. The molecular formula is C16H22N2O3. The van der Waals surface area contributed by atoms with Crippen LogP contribution in [0.1, 0.15) is 43.0 Å². The van der Waals surface area contributed by atoms with Crippen molar-refractivity contribution in [3.63, 3.8) is 0 Å². The van der Waals surface area contributed by atoms with Gasteiger partial charge in [-0.15, -0.1) is 0 Å². The molecule has 21 heavy (non-hydrogen) atoms. The SMILES string of the molecule is CCOC(=O)c1ccccc1NC(=O)N1CCCCCC1. The van der Waals surface area contributed by atoms with Gasteiger partial charge in [0.15, 0.2) is 0 Å². The fourth-order valence-electron chi connectivity index (χ4n) is 2.45. The lowest BCUT2D eigenvalue weighted by Gasteiger charge is -2.21. The van der Waals surface area contributed by atoms with Gasteiger partial charge in [-0.25, -0.2) is 9.59 Å². The Morgan fingerprint density at radius 1 is 1.14 bits per heavy atom. The van der Waals surface area contributed by atoms with Crippen LogP contribution in [-0.2, 0) is 4.74 Å². The molecule has 1 aromatic carbocycles. The lowest BCUT2D eigenvalue weighted by atomic mass is 10.2. The smallest absolute Gasteiger partial charge is 0.340 e. The minimum absolute atomic E-state index is 0.145. The molecule has 1 aliphatic rings. The number of urea groups is 1. The summed E-state index contributed by atoms with van der Waals surface area (Å²) < 4.78 is 5.01. The maximum Gasteiger partial charge on any atom is 0.340 e. The molecule has 0 unspecified atom stereocenters. The highest BCUT2D eigenvalue weighted by molar-refractivity contribution is 6.00. The summed E-state index contributed by atoms with van der Waals surface area (Å²) in [4.78, 5) is 26.0. The van der Waals surface area contributed by atoms with Crippen LogP contribution in [0.15, 0.2) is 24.3 Å². The summed E-state index contributed by atoms with van der Waals surface area (Å²) in [5.41, 5.74) is 0.896. The van der Waals surface area contributed by atoms with E-state index in [1.165, 1.54) is 12.8 Å². The summed E-state index contributed by atoms with van der Waals surface area (Å²) in [6.07, 6.45) is 4.41. The van der Waals surface area contributed by atoms with Crippen molar-refractivity contribution in [2.45, 2.75) is 32.6 Å². The molecule has 0 bridgehead atoms. The Bertz CT molecular complexity index is 494. The van der Waals surface area contributed by atoms with Crippen LogP contribution in [0.2, 0.25) is 0 Å². The highest BCUT2D eigenvalue weighted by Gasteiger charge is 2.18. The minimum Gasteiger partial charge on any atom is -0.462 e. The van der Waals surface area contributed by atoms with Gasteiger partial charge in [-0.1, -0.05) is 25.0 Å². The number of nitrogens with one attached hydrogen (secondary N) is 1. The standard InChI is InChI=1S/C16H22N2O3/c1-2-21-15(19)13-9-5-6-10-14(13)17-16(20)18-11-7-3-4-8-12-18/h5-6,9-10H,2-4,7-8,11-12H2,1H3,(H,17,20). The van der Waals surface area contributed by atoms with Crippen LogP contribution in [-0.4, -0.2) is 36.6 Å². The molecule has 5 heteroatoms. The molecule has 2 amide bonds. The Hall–Kier alpha value is -2.04. The first-order valence-electron chi connectivity index (χ1n) is 7.54. The first-order valence-corrected chi connectivity index (χ1v) is 7.54. The predicted molar refractivity (Wildman–Crippen MR) is 81.5 cm³/mol. The Labute approximate surface area is 125 Å². The molecule has 1 saturated heterocycles. The first kappa shape index (κ1) is 15.4. The van der Waals surface area contributed by atoms with Crippen molar-refractivity contribution >= 4 is 17.7 Å². The van der Waals surface area contributed by atoms with Crippen molar-refractivity contribution in [3.8, 4) is 0 Å². The van der Waals surface area contributed by atoms with Gasteiger partial charge < -0.3 is 15.0 Å². The average molecular weight is 290 g/mol. The molecule has 0 radical (unpaired) electrons. The number of amides is 2. The fraction of sp³-hybridized carbons (Fsp3) is 0.500. The molecule has 0 aliphatic carbocycles. The molecular weight excluding hydrogens is 268 g/mol. The molecule has 1 aromatic rings. The van der Waals surface area contributed by atoms with E-state index in [1.807, 2.05) is 4.90 Å². The third-order valence-corrected chi connectivity index (χ3v) is 3.56. The van der Waals surface area contributed by atoms with E-state index in [9.17, 15) is 9.59 Å². The Kier molecular flexibility index (Phi) is 5.60. The van der Waals surface area contributed by atoms with Gasteiger partial charge in [0.05, 0.1) is 17.9 Å². The number of ether oxygens (including phenoxy) is 1. The van der Waals surface area contributed by atoms with Crippen molar-refractivity contribution in [2.24, 2.45) is 0 Å². The third-order valence-electron chi connectivity index (χ3n) is 3.56. The van der Waals surface area contributed by atoms with E-state index in [0.717, 1.165) is 25.9 Å². The number of anilines is 1. The number of benzene rings is 1. The molecule has 0 atom stereocenters. The van der Waals surface area contributed by atoms with E-state index in [4.69, 9.17) is 4.74 Å². The Balaban J connectivity index is 2.07. The van der Waals surface area contributed by atoms with Gasteiger partial charge in [-0.3, -0.25) is 0 Å². The zero-order valence-corrected chi connectivity index (χ0v) is 12.4. The second-order valence-electron chi connectivity index (χ2n) is 5.10. The summed E-state index contributed by atoms with van der Waals surface area (Å²) in [5.74, 6) is -0.413. The van der Waals surface area contributed by atoms with Crippen molar-refractivity contribution < 1.29 is 14.3 Å². The number of hydrogen-bond acceptors (Lipinski definition) is 3. The zero-order chi connectivity index (χ0) is 15.1. The van der Waals surface area contributed by atoms with E-state index >= 15 is 0 Å². The Morgan fingerprint density at radius 2 is 1.81 bits per heavy atom. The number of carbonyl (C=O) groups excluding carboxylic acids is 2. The lowest BCUT2D eigenvalue weighted by molar-refractivity contribution is 0.0527. The van der Waals surface area contributed by atoms with Crippen LogP contribution in [0.3, 0.4) is 0 Å². The number of para-hydroxylation sites is 1. The fourth-order valence-corrected chi connectivity index (χ4v) is 2.45. The van der Waals surface area contributed by atoms with Crippen LogP contribution in [0.25, 0.3) is 0 Å². The normalized spacial score (nSPS) is 15.2. The molecule has 114 valence electrons. The average Bonchev–Trinajstić information content (AvgIpc) is 2.77.